The number of methoxy groups -OCH3 is 1. The van der Waals surface area contributed by atoms with Crippen molar-refractivity contribution in [3.8, 4) is 0 Å². The zero-order valence-corrected chi connectivity index (χ0v) is 20.8. The van der Waals surface area contributed by atoms with Crippen LogP contribution in [0.1, 0.15) is 46.4 Å². The molecule has 198 valence electrons. The Bertz CT molecular complexity index is 1340. The number of piperidine rings is 1. The molecule has 3 aromatic rings. The molecule has 1 N–H and O–H groups in total. The Labute approximate surface area is 218 Å². The average Bonchev–Trinajstić information content (AvgIpc) is 3.16. The number of halogens is 3. The topological polar surface area (TPSA) is 83.5 Å². The number of nitrogens with one attached hydrogen (secondary N) is 1. The van der Waals surface area contributed by atoms with E-state index in [1.165, 1.54) is 24.3 Å². The number of pyridine rings is 1. The van der Waals surface area contributed by atoms with Crippen LogP contribution in [0.2, 0.25) is 0 Å². The highest BCUT2D eigenvalue weighted by molar-refractivity contribution is 5.89. The zero-order valence-electron chi connectivity index (χ0n) is 20.8. The Balaban J connectivity index is 1.51. The first-order valence-electron chi connectivity index (χ1n) is 12.4. The molecule has 11 heteroatoms. The summed E-state index contributed by atoms with van der Waals surface area (Å²) < 4.78 is 45.8. The van der Waals surface area contributed by atoms with Crippen LogP contribution < -0.4 is 15.1 Å². The summed E-state index contributed by atoms with van der Waals surface area (Å²) in [6, 6.07) is 9.11. The fraction of sp³-hybridized carbons (Fsp3) is 0.333. The first-order valence-corrected chi connectivity index (χ1v) is 12.4. The molecule has 8 nitrogen and oxygen atoms in total. The van der Waals surface area contributed by atoms with Crippen molar-refractivity contribution >= 4 is 35.3 Å². The number of fused-ring (bicyclic) bond motifs is 1. The third-order valence-electron chi connectivity index (χ3n) is 6.60. The van der Waals surface area contributed by atoms with Crippen LogP contribution in [0.25, 0.3) is 6.08 Å². The van der Waals surface area contributed by atoms with Gasteiger partial charge in [0.2, 0.25) is 5.95 Å². The number of hydrogen-bond acceptors (Lipinski definition) is 8. The van der Waals surface area contributed by atoms with E-state index in [4.69, 9.17) is 14.7 Å². The number of hydrogen-bond donors (Lipinski definition) is 1. The maximum absolute atomic E-state index is 13.7. The van der Waals surface area contributed by atoms with Gasteiger partial charge in [-0.1, -0.05) is 0 Å². The number of esters is 1. The average molecular weight is 525 g/mol. The maximum atomic E-state index is 13.7. The summed E-state index contributed by atoms with van der Waals surface area (Å²) >= 11 is 0. The number of alkyl halides is 3. The molecule has 0 atom stereocenters. The van der Waals surface area contributed by atoms with Crippen LogP contribution in [0, 0.1) is 0 Å². The van der Waals surface area contributed by atoms with Gasteiger partial charge in [0, 0.05) is 49.7 Å². The van der Waals surface area contributed by atoms with Gasteiger partial charge in [0.05, 0.1) is 23.9 Å². The first-order chi connectivity index (χ1) is 18.3. The molecule has 2 aliphatic heterocycles. The second kappa shape index (κ2) is 10.7. The Kier molecular flexibility index (Phi) is 7.17. The molecule has 0 unspecified atom stereocenters. The SMILES string of the molecule is COC(=O)c1ccc(Nc2nc(N3CCCCC3)nc3c2C=CN(c2ncccc2C(F)(F)F)CC3)cc1. The number of carbonyl (C=O) groups is 1. The van der Waals surface area contributed by atoms with E-state index < -0.39 is 17.7 Å². The molecule has 2 aromatic heterocycles. The Morgan fingerprint density at radius 2 is 1.79 bits per heavy atom. The Hall–Kier alpha value is -4.15. The minimum absolute atomic E-state index is 0.152. The second-order valence-electron chi connectivity index (χ2n) is 9.11. The van der Waals surface area contributed by atoms with Crippen LogP contribution in [0.5, 0.6) is 0 Å². The van der Waals surface area contributed by atoms with Gasteiger partial charge in [0.15, 0.2) is 0 Å². The maximum Gasteiger partial charge on any atom is 0.419 e. The zero-order chi connectivity index (χ0) is 26.7. The Morgan fingerprint density at radius 1 is 1.03 bits per heavy atom. The van der Waals surface area contributed by atoms with Gasteiger partial charge in [-0.25, -0.2) is 14.8 Å². The minimum atomic E-state index is -4.53. The Morgan fingerprint density at radius 3 is 2.50 bits per heavy atom. The largest absolute Gasteiger partial charge is 0.465 e. The van der Waals surface area contributed by atoms with Crippen molar-refractivity contribution in [1.29, 1.82) is 0 Å². The predicted molar refractivity (Wildman–Crippen MR) is 138 cm³/mol. The summed E-state index contributed by atoms with van der Waals surface area (Å²) in [4.78, 5) is 29.2. The van der Waals surface area contributed by atoms with Crippen molar-refractivity contribution in [2.24, 2.45) is 0 Å². The van der Waals surface area contributed by atoms with E-state index in [2.05, 4.69) is 15.2 Å². The van der Waals surface area contributed by atoms with E-state index in [-0.39, 0.29) is 12.4 Å². The van der Waals surface area contributed by atoms with Crippen LogP contribution in [0.4, 0.5) is 36.4 Å². The number of anilines is 4. The summed E-state index contributed by atoms with van der Waals surface area (Å²) in [6.07, 6.45) is 3.80. The van der Waals surface area contributed by atoms with Gasteiger partial charge in [0.25, 0.3) is 0 Å². The highest BCUT2D eigenvalue weighted by Gasteiger charge is 2.35. The van der Waals surface area contributed by atoms with Crippen molar-refractivity contribution in [3.63, 3.8) is 0 Å². The predicted octanol–water partition coefficient (Wildman–Crippen LogP) is 5.44. The van der Waals surface area contributed by atoms with Gasteiger partial charge in [-0.3, -0.25) is 0 Å². The van der Waals surface area contributed by atoms with Gasteiger partial charge in [-0.2, -0.15) is 18.2 Å². The molecule has 0 bridgehead atoms. The molecule has 1 aromatic carbocycles. The molecule has 0 saturated carbocycles. The molecular weight excluding hydrogens is 497 g/mol. The van der Waals surface area contributed by atoms with Crippen LogP contribution in [0.3, 0.4) is 0 Å². The molecule has 4 heterocycles. The van der Waals surface area contributed by atoms with Gasteiger partial charge in [-0.15, -0.1) is 0 Å². The van der Waals surface area contributed by atoms with Crippen molar-refractivity contribution in [1.82, 2.24) is 15.0 Å². The number of carbonyl (C=O) groups excluding carboxylic acids is 1. The lowest BCUT2D eigenvalue weighted by Crippen LogP contribution is -2.31. The minimum Gasteiger partial charge on any atom is -0.465 e. The van der Waals surface area contributed by atoms with Gasteiger partial charge < -0.3 is 19.9 Å². The lowest BCUT2D eigenvalue weighted by atomic mass is 10.1. The van der Waals surface area contributed by atoms with Crippen molar-refractivity contribution in [2.75, 3.05) is 41.9 Å². The van der Waals surface area contributed by atoms with Gasteiger partial charge in [0.1, 0.15) is 11.6 Å². The summed E-state index contributed by atoms with van der Waals surface area (Å²) in [7, 11) is 1.32. The normalized spacial score (nSPS) is 15.6. The highest BCUT2D eigenvalue weighted by Crippen LogP contribution is 2.36. The standard InChI is InChI=1S/C27H27F3N6O2/c1-38-25(37)18-7-9-19(10-8-18)32-23-20-11-16-35(24-21(27(28,29)30)6-5-13-31-24)17-12-22(20)33-26(34-23)36-14-3-2-4-15-36/h5-11,13,16H,2-4,12,14-15,17H2,1H3,(H,32,33,34). The summed E-state index contributed by atoms with van der Waals surface area (Å²) in [5.74, 6) is 0.543. The van der Waals surface area contributed by atoms with Gasteiger partial charge in [-0.05, 0) is 61.7 Å². The fourth-order valence-electron chi connectivity index (χ4n) is 4.63. The fourth-order valence-corrected chi connectivity index (χ4v) is 4.63. The monoisotopic (exact) mass is 524 g/mol. The lowest BCUT2D eigenvalue weighted by Gasteiger charge is -2.28. The third-order valence-corrected chi connectivity index (χ3v) is 6.60. The lowest BCUT2D eigenvalue weighted by molar-refractivity contribution is -0.137. The molecule has 0 amide bonds. The van der Waals surface area contributed by atoms with Crippen LogP contribution in [-0.4, -0.2) is 47.7 Å². The number of benzene rings is 1. The van der Waals surface area contributed by atoms with Gasteiger partial charge >= 0.3 is 12.1 Å². The number of aromatic nitrogens is 3. The molecule has 0 aliphatic carbocycles. The van der Waals surface area contributed by atoms with E-state index in [1.54, 1.807) is 36.5 Å². The van der Waals surface area contributed by atoms with Crippen LogP contribution >= 0.6 is 0 Å². The quantitative estimate of drug-likeness (QED) is 0.442. The summed E-state index contributed by atoms with van der Waals surface area (Å²) in [5, 5.41) is 3.32. The van der Waals surface area contributed by atoms with Crippen LogP contribution in [0.15, 0.2) is 48.8 Å². The molecular formula is C27H27F3N6O2. The molecule has 0 spiro atoms. The first kappa shape index (κ1) is 25.5. The summed E-state index contributed by atoms with van der Waals surface area (Å²) in [6.45, 7) is 1.96. The van der Waals surface area contributed by atoms with E-state index in [1.807, 2.05) is 0 Å². The number of ether oxygens (including phenoxy) is 1. The molecule has 0 radical (unpaired) electrons. The van der Waals surface area contributed by atoms with Crippen molar-refractivity contribution in [3.05, 3.63) is 71.2 Å². The summed E-state index contributed by atoms with van der Waals surface area (Å²) in [5.41, 5.74) is 1.74. The van der Waals surface area contributed by atoms with E-state index in [0.29, 0.717) is 35.0 Å². The van der Waals surface area contributed by atoms with E-state index in [9.17, 15) is 18.0 Å². The van der Waals surface area contributed by atoms with E-state index in [0.717, 1.165) is 44.1 Å². The molecule has 1 saturated heterocycles. The number of rotatable bonds is 5. The van der Waals surface area contributed by atoms with Crippen molar-refractivity contribution in [2.45, 2.75) is 31.9 Å². The molecule has 1 fully saturated rings. The van der Waals surface area contributed by atoms with E-state index >= 15 is 0 Å². The third kappa shape index (κ3) is 5.41. The highest BCUT2D eigenvalue weighted by atomic mass is 19.4. The van der Waals surface area contributed by atoms with Crippen LogP contribution in [-0.2, 0) is 17.3 Å². The molecule has 5 rings (SSSR count). The van der Waals surface area contributed by atoms with Crippen molar-refractivity contribution < 1.29 is 22.7 Å². The molecule has 2 aliphatic rings. The molecule has 38 heavy (non-hydrogen) atoms. The smallest absolute Gasteiger partial charge is 0.419 e. The second-order valence-corrected chi connectivity index (χ2v) is 9.11. The number of nitrogens with zero attached hydrogens (tertiary/aromatic N) is 5.